The molecule has 146 valence electrons. The second-order valence-corrected chi connectivity index (χ2v) is 7.05. The molecule has 1 aliphatic rings. The summed E-state index contributed by atoms with van der Waals surface area (Å²) >= 11 is 0. The molecule has 3 rings (SSSR count). The molecule has 0 aliphatic carbocycles. The van der Waals surface area contributed by atoms with Crippen LogP contribution in [0.5, 0.6) is 0 Å². The summed E-state index contributed by atoms with van der Waals surface area (Å²) in [4.78, 5) is 38.3. The van der Waals surface area contributed by atoms with Gasteiger partial charge in [0.15, 0.2) is 6.61 Å². The third kappa shape index (κ3) is 4.76. The summed E-state index contributed by atoms with van der Waals surface area (Å²) in [5, 5.41) is 2.80. The number of hydrogen-bond donors (Lipinski definition) is 1. The quantitative estimate of drug-likeness (QED) is 0.782. The standard InChI is InChI=1S/C22H24N2O4/c1-15-7-6-10-19(11-15)24-13-18(12-21(24)26)22(27)28-14-20(25)23-16(2)17-8-4-3-5-9-17/h3-11,16,18H,12-14H2,1-2H3,(H,23,25)/t16-,18+/m1/s1. The highest BCUT2D eigenvalue weighted by atomic mass is 16.5. The van der Waals surface area contributed by atoms with Crippen LogP contribution in [-0.2, 0) is 19.1 Å². The number of rotatable bonds is 6. The predicted octanol–water partition coefficient (Wildman–Crippen LogP) is 2.77. The van der Waals surface area contributed by atoms with Crippen LogP contribution in [0.2, 0.25) is 0 Å². The Balaban J connectivity index is 1.50. The van der Waals surface area contributed by atoms with Gasteiger partial charge in [-0.15, -0.1) is 0 Å². The Hall–Kier alpha value is -3.15. The van der Waals surface area contributed by atoms with Gasteiger partial charge in [0.2, 0.25) is 5.91 Å². The van der Waals surface area contributed by atoms with Crippen LogP contribution in [0.25, 0.3) is 0 Å². The second kappa shape index (κ2) is 8.69. The summed E-state index contributed by atoms with van der Waals surface area (Å²) in [6.07, 6.45) is 0.0921. The summed E-state index contributed by atoms with van der Waals surface area (Å²) < 4.78 is 5.15. The second-order valence-electron chi connectivity index (χ2n) is 7.05. The number of ether oxygens (including phenoxy) is 1. The van der Waals surface area contributed by atoms with E-state index in [1.807, 2.05) is 68.4 Å². The van der Waals surface area contributed by atoms with Crippen LogP contribution in [-0.4, -0.2) is 30.9 Å². The fraction of sp³-hybridized carbons (Fsp3) is 0.318. The molecule has 28 heavy (non-hydrogen) atoms. The maximum Gasteiger partial charge on any atom is 0.311 e. The lowest BCUT2D eigenvalue weighted by molar-refractivity contribution is -0.152. The fourth-order valence-electron chi connectivity index (χ4n) is 3.27. The number of amides is 2. The first-order valence-corrected chi connectivity index (χ1v) is 9.32. The normalized spacial score (nSPS) is 17.3. The average Bonchev–Trinajstić information content (AvgIpc) is 3.08. The summed E-state index contributed by atoms with van der Waals surface area (Å²) in [6, 6.07) is 16.9. The number of carbonyl (C=O) groups is 3. The van der Waals surface area contributed by atoms with Crippen molar-refractivity contribution in [2.45, 2.75) is 26.3 Å². The molecule has 0 spiro atoms. The Morgan fingerprint density at radius 3 is 2.64 bits per heavy atom. The van der Waals surface area contributed by atoms with Gasteiger partial charge < -0.3 is 15.0 Å². The molecule has 0 saturated carbocycles. The van der Waals surface area contributed by atoms with Crippen molar-refractivity contribution in [2.75, 3.05) is 18.1 Å². The molecule has 0 radical (unpaired) electrons. The van der Waals surface area contributed by atoms with Gasteiger partial charge in [-0.2, -0.15) is 0 Å². The Morgan fingerprint density at radius 1 is 1.18 bits per heavy atom. The number of benzene rings is 2. The maximum atomic E-state index is 12.3. The van der Waals surface area contributed by atoms with E-state index in [0.29, 0.717) is 0 Å². The molecule has 2 aromatic carbocycles. The van der Waals surface area contributed by atoms with Crippen LogP contribution >= 0.6 is 0 Å². The first-order chi connectivity index (χ1) is 13.4. The highest BCUT2D eigenvalue weighted by molar-refractivity contribution is 5.99. The van der Waals surface area contributed by atoms with Crippen molar-refractivity contribution in [3.63, 3.8) is 0 Å². The molecule has 1 heterocycles. The molecule has 6 heteroatoms. The number of hydrogen-bond acceptors (Lipinski definition) is 4. The highest BCUT2D eigenvalue weighted by Gasteiger charge is 2.36. The Bertz CT molecular complexity index is 866. The van der Waals surface area contributed by atoms with Crippen LogP contribution in [0.4, 0.5) is 5.69 Å². The minimum Gasteiger partial charge on any atom is -0.455 e. The minimum atomic E-state index is -0.563. The SMILES string of the molecule is Cc1cccc(N2C[C@@H](C(=O)OCC(=O)N[C@H](C)c3ccccc3)CC2=O)c1. The third-order valence-electron chi connectivity index (χ3n) is 4.79. The molecule has 1 saturated heterocycles. The highest BCUT2D eigenvalue weighted by Crippen LogP contribution is 2.26. The van der Waals surface area contributed by atoms with Crippen molar-refractivity contribution in [3.05, 3.63) is 65.7 Å². The van der Waals surface area contributed by atoms with Crippen LogP contribution in [0.3, 0.4) is 0 Å². The van der Waals surface area contributed by atoms with Gasteiger partial charge in [-0.3, -0.25) is 14.4 Å². The van der Waals surface area contributed by atoms with E-state index in [9.17, 15) is 14.4 Å². The summed E-state index contributed by atoms with van der Waals surface area (Å²) in [5.41, 5.74) is 2.78. The van der Waals surface area contributed by atoms with Gasteiger partial charge >= 0.3 is 5.97 Å². The molecule has 1 fully saturated rings. The average molecular weight is 380 g/mol. The molecule has 0 aromatic heterocycles. The zero-order valence-electron chi connectivity index (χ0n) is 16.1. The molecular formula is C22H24N2O4. The Labute approximate surface area is 164 Å². The van der Waals surface area contributed by atoms with Gasteiger partial charge in [0.05, 0.1) is 12.0 Å². The van der Waals surface area contributed by atoms with E-state index >= 15 is 0 Å². The molecule has 1 N–H and O–H groups in total. The Morgan fingerprint density at radius 2 is 1.93 bits per heavy atom. The van der Waals surface area contributed by atoms with Crippen LogP contribution in [0.1, 0.15) is 30.5 Å². The summed E-state index contributed by atoms with van der Waals surface area (Å²) in [6.45, 7) is 3.73. The van der Waals surface area contributed by atoms with Crippen LogP contribution < -0.4 is 10.2 Å². The lowest BCUT2D eigenvalue weighted by Gasteiger charge is -2.17. The topological polar surface area (TPSA) is 75.7 Å². The van der Waals surface area contributed by atoms with Gasteiger partial charge in [-0.25, -0.2) is 0 Å². The lowest BCUT2D eigenvalue weighted by atomic mass is 10.1. The van der Waals surface area contributed by atoms with E-state index in [0.717, 1.165) is 16.8 Å². The van der Waals surface area contributed by atoms with Crippen molar-refractivity contribution in [3.8, 4) is 0 Å². The molecule has 2 amide bonds. The molecule has 2 aromatic rings. The fourth-order valence-corrected chi connectivity index (χ4v) is 3.27. The van der Waals surface area contributed by atoms with E-state index in [2.05, 4.69) is 5.32 Å². The smallest absolute Gasteiger partial charge is 0.311 e. The van der Waals surface area contributed by atoms with E-state index in [1.165, 1.54) is 0 Å². The number of nitrogens with zero attached hydrogens (tertiary/aromatic N) is 1. The van der Waals surface area contributed by atoms with Gasteiger partial charge in [0.1, 0.15) is 0 Å². The zero-order valence-corrected chi connectivity index (χ0v) is 16.1. The third-order valence-corrected chi connectivity index (χ3v) is 4.79. The monoisotopic (exact) mass is 380 g/mol. The molecule has 1 aliphatic heterocycles. The van der Waals surface area contributed by atoms with Crippen molar-refractivity contribution in [2.24, 2.45) is 5.92 Å². The molecule has 0 unspecified atom stereocenters. The summed E-state index contributed by atoms with van der Waals surface area (Å²) in [5.74, 6) is -1.57. The number of aryl methyl sites for hydroxylation is 1. The van der Waals surface area contributed by atoms with E-state index in [1.54, 1.807) is 4.90 Å². The molecule has 0 bridgehead atoms. The molecule has 6 nitrogen and oxygen atoms in total. The van der Waals surface area contributed by atoms with E-state index in [-0.39, 0.29) is 37.4 Å². The lowest BCUT2D eigenvalue weighted by Crippen LogP contribution is -2.32. The van der Waals surface area contributed by atoms with Gasteiger partial charge in [-0.05, 0) is 37.1 Å². The van der Waals surface area contributed by atoms with Crippen LogP contribution in [0.15, 0.2) is 54.6 Å². The van der Waals surface area contributed by atoms with Gasteiger partial charge in [0.25, 0.3) is 5.91 Å². The summed E-state index contributed by atoms with van der Waals surface area (Å²) in [7, 11) is 0. The van der Waals surface area contributed by atoms with Crippen molar-refractivity contribution in [1.29, 1.82) is 0 Å². The largest absolute Gasteiger partial charge is 0.455 e. The zero-order chi connectivity index (χ0) is 20.1. The van der Waals surface area contributed by atoms with Crippen molar-refractivity contribution < 1.29 is 19.1 Å². The number of anilines is 1. The number of carbonyl (C=O) groups excluding carboxylic acids is 3. The first-order valence-electron chi connectivity index (χ1n) is 9.32. The van der Waals surface area contributed by atoms with Crippen molar-refractivity contribution >= 4 is 23.5 Å². The molecular weight excluding hydrogens is 356 g/mol. The minimum absolute atomic E-state index is 0.0921. The maximum absolute atomic E-state index is 12.3. The van der Waals surface area contributed by atoms with Crippen molar-refractivity contribution in [1.82, 2.24) is 5.32 Å². The van der Waals surface area contributed by atoms with Gasteiger partial charge in [0, 0.05) is 18.7 Å². The van der Waals surface area contributed by atoms with E-state index in [4.69, 9.17) is 4.74 Å². The number of esters is 1. The van der Waals surface area contributed by atoms with Gasteiger partial charge in [-0.1, -0.05) is 42.5 Å². The number of nitrogens with one attached hydrogen (secondary N) is 1. The van der Waals surface area contributed by atoms with Crippen LogP contribution in [0, 0.1) is 12.8 Å². The Kier molecular flexibility index (Phi) is 6.09. The van der Waals surface area contributed by atoms with E-state index < -0.39 is 11.9 Å². The first kappa shape index (κ1) is 19.6. The predicted molar refractivity (Wildman–Crippen MR) is 106 cm³/mol. The molecule has 2 atom stereocenters.